The highest BCUT2D eigenvalue weighted by molar-refractivity contribution is 5.94. The Morgan fingerprint density at radius 2 is 2.21 bits per heavy atom. The van der Waals surface area contributed by atoms with Crippen molar-refractivity contribution >= 4 is 17.3 Å². The lowest BCUT2D eigenvalue weighted by atomic mass is 10.1. The van der Waals surface area contributed by atoms with Gasteiger partial charge in [-0.1, -0.05) is 6.92 Å². The van der Waals surface area contributed by atoms with Crippen molar-refractivity contribution in [3.8, 4) is 0 Å². The predicted molar refractivity (Wildman–Crippen MR) is 72.0 cm³/mol. The molecule has 0 aliphatic heterocycles. The average molecular weight is 270 g/mol. The first-order chi connectivity index (χ1) is 9.06. The number of nitrogens with two attached hydrogens (primary N) is 1. The van der Waals surface area contributed by atoms with Crippen LogP contribution in [0.5, 0.6) is 0 Å². The van der Waals surface area contributed by atoms with Crippen molar-refractivity contribution in [2.45, 2.75) is 19.8 Å². The van der Waals surface area contributed by atoms with Gasteiger partial charge in [0.25, 0.3) is 0 Å². The molecule has 1 rings (SSSR count). The third-order valence-electron chi connectivity index (χ3n) is 2.50. The fraction of sp³-hybridized carbons (Fsp3) is 0.462. The van der Waals surface area contributed by atoms with E-state index < -0.39 is 11.8 Å². The Hall–Kier alpha value is -1.82. The minimum atomic E-state index is -1.17. The van der Waals surface area contributed by atoms with E-state index in [2.05, 4.69) is 5.32 Å². The van der Waals surface area contributed by atoms with Crippen molar-refractivity contribution < 1.29 is 19.0 Å². The van der Waals surface area contributed by atoms with Gasteiger partial charge in [-0.3, -0.25) is 0 Å². The van der Waals surface area contributed by atoms with Crippen LogP contribution in [0, 0.1) is 5.82 Å². The van der Waals surface area contributed by atoms with Crippen LogP contribution < -0.4 is 11.1 Å². The Morgan fingerprint density at radius 1 is 1.47 bits per heavy atom. The molecule has 1 aromatic carbocycles. The fourth-order valence-corrected chi connectivity index (χ4v) is 1.55. The van der Waals surface area contributed by atoms with E-state index in [9.17, 15) is 9.18 Å². The van der Waals surface area contributed by atoms with Gasteiger partial charge >= 0.3 is 5.97 Å². The van der Waals surface area contributed by atoms with E-state index in [0.29, 0.717) is 26.2 Å². The Morgan fingerprint density at radius 3 is 2.84 bits per heavy atom. The number of nitrogen functional groups attached to an aromatic ring is 1. The molecule has 1 aromatic rings. The van der Waals surface area contributed by atoms with Gasteiger partial charge < -0.3 is 20.9 Å². The molecule has 0 atom stereocenters. The zero-order chi connectivity index (χ0) is 14.3. The summed E-state index contributed by atoms with van der Waals surface area (Å²) in [7, 11) is 0. The molecule has 5 nitrogen and oxygen atoms in total. The Balaban J connectivity index is 2.53. The quantitative estimate of drug-likeness (QED) is 0.498. The van der Waals surface area contributed by atoms with Gasteiger partial charge in [-0.05, 0) is 25.0 Å². The SMILES string of the molecule is CCCOCCCNc1cc(C(=O)O)c(N)cc1F. The van der Waals surface area contributed by atoms with Gasteiger partial charge in [-0.25, -0.2) is 9.18 Å². The van der Waals surface area contributed by atoms with Gasteiger partial charge in [-0.2, -0.15) is 0 Å². The molecule has 0 fully saturated rings. The zero-order valence-electron chi connectivity index (χ0n) is 10.9. The van der Waals surface area contributed by atoms with Crippen LogP contribution in [0.25, 0.3) is 0 Å². The van der Waals surface area contributed by atoms with Crippen molar-refractivity contribution in [1.29, 1.82) is 0 Å². The van der Waals surface area contributed by atoms with Crippen molar-refractivity contribution in [3.63, 3.8) is 0 Å². The van der Waals surface area contributed by atoms with E-state index in [4.69, 9.17) is 15.6 Å². The summed E-state index contributed by atoms with van der Waals surface area (Å²) in [5.74, 6) is -1.73. The van der Waals surface area contributed by atoms with Crippen LogP contribution in [-0.2, 0) is 4.74 Å². The molecule has 0 radical (unpaired) electrons. The number of halogens is 1. The number of hydrogen-bond acceptors (Lipinski definition) is 4. The van der Waals surface area contributed by atoms with Crippen molar-refractivity contribution in [2.75, 3.05) is 30.8 Å². The maximum atomic E-state index is 13.6. The molecule has 0 saturated carbocycles. The van der Waals surface area contributed by atoms with Gasteiger partial charge in [0, 0.05) is 25.4 Å². The van der Waals surface area contributed by atoms with Gasteiger partial charge in [0.15, 0.2) is 0 Å². The number of hydrogen-bond donors (Lipinski definition) is 3. The number of nitrogens with one attached hydrogen (secondary N) is 1. The Bertz CT molecular complexity index is 438. The Labute approximate surface area is 111 Å². The van der Waals surface area contributed by atoms with Crippen LogP contribution in [0.2, 0.25) is 0 Å². The van der Waals surface area contributed by atoms with Gasteiger partial charge in [0.1, 0.15) is 5.82 Å². The monoisotopic (exact) mass is 270 g/mol. The zero-order valence-corrected chi connectivity index (χ0v) is 10.9. The van der Waals surface area contributed by atoms with E-state index in [1.807, 2.05) is 6.92 Å². The topological polar surface area (TPSA) is 84.6 Å². The molecule has 6 heteroatoms. The second-order valence-electron chi connectivity index (χ2n) is 4.12. The minimum Gasteiger partial charge on any atom is -0.478 e. The molecule has 0 aliphatic rings. The molecule has 0 heterocycles. The standard InChI is InChI=1S/C13H19FN2O3/c1-2-5-19-6-3-4-16-12-7-9(13(17)18)11(15)8-10(12)14/h7-8,16H,2-6,15H2,1H3,(H,17,18). The third-order valence-corrected chi connectivity index (χ3v) is 2.50. The summed E-state index contributed by atoms with van der Waals surface area (Å²) >= 11 is 0. The van der Waals surface area contributed by atoms with Crippen molar-refractivity contribution in [3.05, 3.63) is 23.5 Å². The number of rotatable bonds is 8. The lowest BCUT2D eigenvalue weighted by molar-refractivity contribution is 0.0698. The molecule has 0 bridgehead atoms. The summed E-state index contributed by atoms with van der Waals surface area (Å²) in [6.45, 7) is 3.82. The maximum Gasteiger partial charge on any atom is 0.337 e. The highest BCUT2D eigenvalue weighted by atomic mass is 19.1. The smallest absolute Gasteiger partial charge is 0.337 e. The molecule has 0 aromatic heterocycles. The van der Waals surface area contributed by atoms with Gasteiger partial charge in [0.2, 0.25) is 0 Å². The van der Waals surface area contributed by atoms with Crippen LogP contribution in [-0.4, -0.2) is 30.8 Å². The minimum absolute atomic E-state index is 0.0816. The fourth-order valence-electron chi connectivity index (χ4n) is 1.55. The third kappa shape index (κ3) is 4.75. The van der Waals surface area contributed by atoms with Crippen LogP contribution in [0.15, 0.2) is 12.1 Å². The van der Waals surface area contributed by atoms with E-state index in [-0.39, 0.29) is 16.9 Å². The molecule has 0 amide bonds. The summed E-state index contributed by atoms with van der Waals surface area (Å²) in [5, 5.41) is 11.7. The lowest BCUT2D eigenvalue weighted by Crippen LogP contribution is -2.10. The molecule has 4 N–H and O–H groups in total. The van der Waals surface area contributed by atoms with Crippen molar-refractivity contribution in [2.24, 2.45) is 0 Å². The van der Waals surface area contributed by atoms with Crippen LogP contribution >= 0.6 is 0 Å². The first-order valence-electron chi connectivity index (χ1n) is 6.20. The average Bonchev–Trinajstić information content (AvgIpc) is 2.35. The molecule has 19 heavy (non-hydrogen) atoms. The summed E-state index contributed by atoms with van der Waals surface area (Å²) in [5.41, 5.74) is 5.39. The number of benzene rings is 1. The number of carboxylic acid groups (broad SMARTS) is 1. The number of carbonyl (C=O) groups is 1. The number of aromatic carboxylic acids is 1. The van der Waals surface area contributed by atoms with Crippen LogP contribution in [0.3, 0.4) is 0 Å². The molecule has 106 valence electrons. The highest BCUT2D eigenvalue weighted by Gasteiger charge is 2.12. The molecular formula is C13H19FN2O3. The molecule has 0 unspecified atom stereocenters. The van der Waals surface area contributed by atoms with Crippen molar-refractivity contribution in [1.82, 2.24) is 0 Å². The lowest BCUT2D eigenvalue weighted by Gasteiger charge is -2.10. The first kappa shape index (κ1) is 15.2. The number of anilines is 2. The van der Waals surface area contributed by atoms with E-state index in [1.165, 1.54) is 6.07 Å². The summed E-state index contributed by atoms with van der Waals surface area (Å²) in [6.07, 6.45) is 1.67. The molecule has 0 spiro atoms. The van der Waals surface area contributed by atoms with E-state index in [0.717, 1.165) is 12.5 Å². The summed E-state index contributed by atoms with van der Waals surface area (Å²) in [4.78, 5) is 10.9. The second kappa shape index (κ2) is 7.58. The first-order valence-corrected chi connectivity index (χ1v) is 6.20. The summed E-state index contributed by atoms with van der Waals surface area (Å²) < 4.78 is 18.8. The highest BCUT2D eigenvalue weighted by Crippen LogP contribution is 2.22. The molecule has 0 aliphatic carbocycles. The largest absolute Gasteiger partial charge is 0.478 e. The molecule has 0 saturated heterocycles. The maximum absolute atomic E-state index is 13.6. The number of ether oxygens (including phenoxy) is 1. The van der Waals surface area contributed by atoms with E-state index >= 15 is 0 Å². The van der Waals surface area contributed by atoms with Crippen LogP contribution in [0.1, 0.15) is 30.1 Å². The number of carboxylic acids is 1. The Kier molecular flexibility index (Phi) is 6.08. The second-order valence-corrected chi connectivity index (χ2v) is 4.12. The van der Waals surface area contributed by atoms with Gasteiger partial charge in [-0.15, -0.1) is 0 Å². The molecular weight excluding hydrogens is 251 g/mol. The van der Waals surface area contributed by atoms with Gasteiger partial charge in [0.05, 0.1) is 11.3 Å². The van der Waals surface area contributed by atoms with E-state index in [1.54, 1.807) is 0 Å². The van der Waals surface area contributed by atoms with Crippen LogP contribution in [0.4, 0.5) is 15.8 Å². The summed E-state index contributed by atoms with van der Waals surface area (Å²) in [6, 6.07) is 2.22. The predicted octanol–water partition coefficient (Wildman–Crippen LogP) is 2.33. The normalized spacial score (nSPS) is 10.4.